The van der Waals surface area contributed by atoms with Crippen LogP contribution in [-0.2, 0) is 6.16 Å². The summed E-state index contributed by atoms with van der Waals surface area (Å²) >= 11 is 0. The molecule has 3 heteroatoms. The zero-order chi connectivity index (χ0) is 23.3. The Labute approximate surface area is 213 Å². The second-order valence-corrected chi connectivity index (χ2v) is 11.5. The molecule has 0 saturated heterocycles. The minimum absolute atomic E-state index is 0. The average molecular weight is 528 g/mol. The third-order valence-corrected chi connectivity index (χ3v) is 10.5. The van der Waals surface area contributed by atoms with Crippen molar-refractivity contribution in [1.29, 1.82) is 0 Å². The van der Waals surface area contributed by atoms with Crippen molar-refractivity contribution >= 4 is 58.4 Å². The van der Waals surface area contributed by atoms with Crippen molar-refractivity contribution in [3.8, 4) is 5.75 Å². The molecule has 0 amide bonds. The molecule has 170 valence electrons. The van der Waals surface area contributed by atoms with E-state index in [2.05, 4.69) is 92.5 Å². The van der Waals surface area contributed by atoms with E-state index in [9.17, 15) is 5.11 Å². The van der Waals surface area contributed by atoms with Gasteiger partial charge in [-0.15, -0.1) is 17.0 Å². The zero-order valence-corrected chi connectivity index (χ0v) is 21.7. The third-order valence-electron chi connectivity index (χ3n) is 6.11. The van der Waals surface area contributed by atoms with Gasteiger partial charge in [0.05, 0.1) is 0 Å². The normalized spacial score (nSPS) is 10.7. The number of rotatable bonds is 8. The van der Waals surface area contributed by atoms with Crippen molar-refractivity contribution in [3.63, 3.8) is 0 Å². The molecule has 4 aromatic carbocycles. The van der Waals surface area contributed by atoms with Crippen LogP contribution in [0.5, 0.6) is 5.75 Å². The number of halogens is 1. The van der Waals surface area contributed by atoms with Crippen molar-refractivity contribution in [2.24, 2.45) is 0 Å². The van der Waals surface area contributed by atoms with Crippen molar-refractivity contribution < 1.29 is 5.11 Å². The first-order chi connectivity index (χ1) is 16.1. The Hall–Kier alpha value is -3.19. The molecule has 0 atom stereocenters. The summed E-state index contributed by atoms with van der Waals surface area (Å²) in [5.74, 6) is 0.329. The van der Waals surface area contributed by atoms with Crippen LogP contribution in [0.2, 0.25) is 0 Å². The number of para-hydroxylation sites is 1. The highest BCUT2D eigenvalue weighted by Gasteiger charge is 2.46. The molecular formula is C31H29BrOP+. The Bertz CT molecular complexity index is 1150. The number of aromatic hydroxyl groups is 1. The summed E-state index contributed by atoms with van der Waals surface area (Å²) in [7, 11) is -2.16. The number of phenolic OH excluding ortho intramolecular Hbond substituents is 1. The number of benzene rings is 4. The summed E-state index contributed by atoms with van der Waals surface area (Å²) in [5.41, 5.74) is 4.20. The second kappa shape index (κ2) is 11.3. The van der Waals surface area contributed by atoms with E-state index in [0.717, 1.165) is 22.3 Å². The van der Waals surface area contributed by atoms with Gasteiger partial charge in [0, 0.05) is 5.56 Å². The molecule has 1 N–H and O–H groups in total. The molecule has 4 rings (SSSR count). The van der Waals surface area contributed by atoms with Gasteiger partial charge in [-0.05, 0) is 59.2 Å². The van der Waals surface area contributed by atoms with Gasteiger partial charge in [0.1, 0.15) is 35.1 Å². The highest BCUT2D eigenvalue weighted by molar-refractivity contribution is 8.93. The maximum Gasteiger partial charge on any atom is 0.122 e. The topological polar surface area (TPSA) is 20.2 Å². The van der Waals surface area contributed by atoms with Crippen LogP contribution in [0.4, 0.5) is 0 Å². The summed E-state index contributed by atoms with van der Waals surface area (Å²) in [4.78, 5) is 0. The van der Waals surface area contributed by atoms with E-state index in [4.69, 9.17) is 0 Å². The van der Waals surface area contributed by atoms with Gasteiger partial charge in [-0.25, -0.2) is 0 Å². The van der Waals surface area contributed by atoms with Crippen LogP contribution in [0.1, 0.15) is 22.3 Å². The quantitative estimate of drug-likeness (QED) is 0.237. The smallest absolute Gasteiger partial charge is 0.122 e. The maximum absolute atomic E-state index is 10.7. The predicted molar refractivity (Wildman–Crippen MR) is 158 cm³/mol. The Kier molecular flexibility index (Phi) is 8.45. The van der Waals surface area contributed by atoms with E-state index in [1.54, 1.807) is 6.07 Å². The molecule has 0 heterocycles. The van der Waals surface area contributed by atoms with Crippen LogP contribution in [0.15, 0.2) is 117 Å². The molecule has 4 aromatic rings. The number of hydrogen-bond acceptors (Lipinski definition) is 1. The Morgan fingerprint density at radius 1 is 0.559 bits per heavy atom. The maximum atomic E-state index is 10.7. The molecule has 0 aliphatic carbocycles. The fraction of sp³-hybridized carbons (Fsp3) is 0.0323. The van der Waals surface area contributed by atoms with Crippen molar-refractivity contribution in [1.82, 2.24) is 0 Å². The lowest BCUT2D eigenvalue weighted by Gasteiger charge is -2.28. The van der Waals surface area contributed by atoms with Crippen LogP contribution in [0.3, 0.4) is 0 Å². The first-order valence-corrected chi connectivity index (χ1v) is 12.9. The molecule has 0 fully saturated rings. The first kappa shape index (κ1) is 25.4. The van der Waals surface area contributed by atoms with Crippen LogP contribution < -0.4 is 15.9 Å². The van der Waals surface area contributed by atoms with Crippen molar-refractivity contribution in [2.75, 3.05) is 0 Å². The van der Waals surface area contributed by atoms with Crippen LogP contribution in [0.25, 0.3) is 18.2 Å². The van der Waals surface area contributed by atoms with E-state index in [0.29, 0.717) is 11.9 Å². The molecule has 0 unspecified atom stereocenters. The fourth-order valence-corrected chi connectivity index (χ4v) is 8.41. The van der Waals surface area contributed by atoms with Crippen LogP contribution >= 0.6 is 24.2 Å². The third kappa shape index (κ3) is 4.99. The highest BCUT2D eigenvalue weighted by Crippen LogP contribution is 2.59. The van der Waals surface area contributed by atoms with Crippen LogP contribution in [-0.4, -0.2) is 5.11 Å². The predicted octanol–water partition coefficient (Wildman–Crippen LogP) is 7.39. The molecular weight excluding hydrogens is 499 g/mol. The van der Waals surface area contributed by atoms with E-state index in [-0.39, 0.29) is 17.0 Å². The van der Waals surface area contributed by atoms with Gasteiger partial charge in [-0.3, -0.25) is 0 Å². The average Bonchev–Trinajstić information content (AvgIpc) is 2.88. The molecule has 0 saturated carbocycles. The highest BCUT2D eigenvalue weighted by atomic mass is 79.9. The van der Waals surface area contributed by atoms with E-state index >= 15 is 0 Å². The molecule has 0 bridgehead atoms. The SMILES string of the molecule is Br.C=Cc1ccc([P+](Cc2ccccc2O)(c2ccc(C=C)cc2)c2ccc(C=C)cc2)cc1. The number of phenols is 1. The van der Waals surface area contributed by atoms with Gasteiger partial charge in [0.25, 0.3) is 0 Å². The standard InChI is InChI=1S/C31H27OP.BrH/c1-4-24-11-17-28(18-12-24)33(23-27-9-7-8-10-31(27)32,29-19-13-25(5-2)14-20-29)30-21-15-26(6-3)16-22-30;/h4-22H,1-3,23H2;1H/p+1. The number of hydrogen-bond donors (Lipinski definition) is 1. The van der Waals surface area contributed by atoms with Gasteiger partial charge >= 0.3 is 0 Å². The lowest BCUT2D eigenvalue weighted by atomic mass is 10.2. The summed E-state index contributed by atoms with van der Waals surface area (Å²) < 4.78 is 0. The summed E-state index contributed by atoms with van der Waals surface area (Å²) in [6, 6.07) is 33.7. The minimum Gasteiger partial charge on any atom is -0.508 e. The van der Waals surface area contributed by atoms with Gasteiger partial charge in [-0.2, -0.15) is 0 Å². The minimum atomic E-state index is -2.16. The lowest BCUT2D eigenvalue weighted by molar-refractivity contribution is 0.470. The molecule has 0 spiro atoms. The monoisotopic (exact) mass is 527 g/mol. The Morgan fingerprint density at radius 2 is 0.912 bits per heavy atom. The first-order valence-electron chi connectivity index (χ1n) is 10.9. The van der Waals surface area contributed by atoms with E-state index in [1.807, 2.05) is 36.4 Å². The summed E-state index contributed by atoms with van der Waals surface area (Å²) in [5, 5.41) is 14.5. The molecule has 0 radical (unpaired) electrons. The summed E-state index contributed by atoms with van der Waals surface area (Å²) in [6.45, 7) is 11.7. The fourth-order valence-electron chi connectivity index (χ4n) is 4.22. The van der Waals surface area contributed by atoms with E-state index in [1.165, 1.54) is 15.9 Å². The molecule has 0 aromatic heterocycles. The zero-order valence-electron chi connectivity index (χ0n) is 19.1. The van der Waals surface area contributed by atoms with Crippen LogP contribution in [0, 0.1) is 0 Å². The molecule has 34 heavy (non-hydrogen) atoms. The largest absolute Gasteiger partial charge is 0.508 e. The van der Waals surface area contributed by atoms with Gasteiger partial charge in [0.15, 0.2) is 0 Å². The van der Waals surface area contributed by atoms with E-state index < -0.39 is 7.26 Å². The van der Waals surface area contributed by atoms with Gasteiger partial charge in [0.2, 0.25) is 0 Å². The van der Waals surface area contributed by atoms with Crippen molar-refractivity contribution in [2.45, 2.75) is 6.16 Å². The van der Waals surface area contributed by atoms with Gasteiger partial charge < -0.3 is 5.11 Å². The Morgan fingerprint density at radius 3 is 1.24 bits per heavy atom. The Balaban J connectivity index is 0.00000324. The van der Waals surface area contributed by atoms with Gasteiger partial charge in [-0.1, -0.05) is 92.6 Å². The second-order valence-electron chi connectivity index (χ2n) is 7.98. The molecule has 1 nitrogen and oxygen atoms in total. The lowest BCUT2D eigenvalue weighted by Crippen LogP contribution is -2.32. The molecule has 0 aliphatic heterocycles. The summed E-state index contributed by atoms with van der Waals surface area (Å²) in [6.07, 6.45) is 6.31. The molecule has 0 aliphatic rings. The van der Waals surface area contributed by atoms with Crippen molar-refractivity contribution in [3.05, 3.63) is 139 Å².